The van der Waals surface area contributed by atoms with Crippen LogP contribution in [-0.2, 0) is 9.53 Å². The van der Waals surface area contributed by atoms with Gasteiger partial charge >= 0.3 is 6.03 Å². The summed E-state index contributed by atoms with van der Waals surface area (Å²) in [6.07, 6.45) is 1.45. The summed E-state index contributed by atoms with van der Waals surface area (Å²) < 4.78 is 10.7. The highest BCUT2D eigenvalue weighted by Crippen LogP contribution is 2.23. The summed E-state index contributed by atoms with van der Waals surface area (Å²) in [5.74, 6) is 0.676. The largest absolute Gasteiger partial charge is 0.495 e. The van der Waals surface area contributed by atoms with E-state index >= 15 is 0 Å². The van der Waals surface area contributed by atoms with Gasteiger partial charge in [0, 0.05) is 32.8 Å². The Morgan fingerprint density at radius 2 is 1.88 bits per heavy atom. The Hall–Kier alpha value is -2.28. The minimum Gasteiger partial charge on any atom is -0.495 e. The molecule has 1 N–H and O–H groups in total. The van der Waals surface area contributed by atoms with E-state index in [0.29, 0.717) is 44.2 Å². The molecule has 7 nitrogen and oxygen atoms in total. The fraction of sp³-hybridized carbons (Fsp3) is 0.529. The molecule has 3 amide bonds. The summed E-state index contributed by atoms with van der Waals surface area (Å²) in [6, 6.07) is 7.12. The number of nitrogens with one attached hydrogen (secondary N) is 1. The first-order valence-corrected chi connectivity index (χ1v) is 8.28. The lowest BCUT2D eigenvalue weighted by Gasteiger charge is -2.35. The van der Waals surface area contributed by atoms with Gasteiger partial charge in [-0.2, -0.15) is 0 Å². The second-order valence-corrected chi connectivity index (χ2v) is 5.94. The predicted octanol–water partition coefficient (Wildman–Crippen LogP) is 1.55. The van der Waals surface area contributed by atoms with Gasteiger partial charge in [0.05, 0.1) is 12.8 Å². The molecule has 2 fully saturated rings. The van der Waals surface area contributed by atoms with Gasteiger partial charge in [-0.25, -0.2) is 4.79 Å². The summed E-state index contributed by atoms with van der Waals surface area (Å²) in [5.41, 5.74) is 0.642. The third kappa shape index (κ3) is 3.62. The number of nitrogens with zero attached hydrogens (tertiary/aromatic N) is 2. The van der Waals surface area contributed by atoms with Crippen molar-refractivity contribution in [3.05, 3.63) is 24.3 Å². The minimum absolute atomic E-state index is 0.0530. The molecule has 0 aliphatic carbocycles. The van der Waals surface area contributed by atoms with Gasteiger partial charge in [-0.05, 0) is 25.0 Å². The molecule has 2 saturated heterocycles. The molecule has 0 unspecified atom stereocenters. The molecule has 0 saturated carbocycles. The van der Waals surface area contributed by atoms with E-state index in [1.54, 1.807) is 29.0 Å². The molecule has 1 aromatic carbocycles. The van der Waals surface area contributed by atoms with Crippen molar-refractivity contribution in [2.75, 3.05) is 45.2 Å². The molecule has 0 spiro atoms. The van der Waals surface area contributed by atoms with Crippen molar-refractivity contribution in [1.82, 2.24) is 9.80 Å². The lowest BCUT2D eigenvalue weighted by Crippen LogP contribution is -2.53. The standard InChI is InChI=1S/C17H23N3O4/c1-23-14-6-3-2-5-13(14)18-17(22)20-10-8-19(9-11-20)16(21)15-7-4-12-24-15/h2-3,5-6,15H,4,7-12H2,1H3,(H,18,22)/t15-/m0/s1. The molecular formula is C17H23N3O4. The van der Waals surface area contributed by atoms with Crippen LogP contribution >= 0.6 is 0 Å². The van der Waals surface area contributed by atoms with E-state index in [1.807, 2.05) is 12.1 Å². The molecule has 2 aliphatic heterocycles. The summed E-state index contributed by atoms with van der Waals surface area (Å²) in [4.78, 5) is 28.2. The van der Waals surface area contributed by atoms with Crippen molar-refractivity contribution in [2.45, 2.75) is 18.9 Å². The Morgan fingerprint density at radius 3 is 2.54 bits per heavy atom. The number of para-hydroxylation sites is 2. The zero-order valence-corrected chi connectivity index (χ0v) is 13.9. The number of hydrogen-bond donors (Lipinski definition) is 1. The molecule has 3 rings (SSSR count). The summed E-state index contributed by atoms with van der Waals surface area (Å²) in [7, 11) is 1.57. The van der Waals surface area contributed by atoms with Crippen LogP contribution in [0, 0.1) is 0 Å². The average Bonchev–Trinajstić information content (AvgIpc) is 3.16. The van der Waals surface area contributed by atoms with E-state index in [0.717, 1.165) is 12.8 Å². The van der Waals surface area contributed by atoms with Gasteiger partial charge in [-0.15, -0.1) is 0 Å². The molecule has 24 heavy (non-hydrogen) atoms. The van der Waals surface area contributed by atoms with E-state index in [9.17, 15) is 9.59 Å². The number of ether oxygens (including phenoxy) is 2. The Bertz CT molecular complexity index is 593. The van der Waals surface area contributed by atoms with Gasteiger partial charge in [0.25, 0.3) is 5.91 Å². The number of carbonyl (C=O) groups excluding carboxylic acids is 2. The van der Waals surface area contributed by atoms with Crippen LogP contribution in [0.2, 0.25) is 0 Å². The van der Waals surface area contributed by atoms with E-state index < -0.39 is 0 Å². The highest BCUT2D eigenvalue weighted by atomic mass is 16.5. The van der Waals surface area contributed by atoms with Crippen LogP contribution < -0.4 is 10.1 Å². The molecule has 130 valence electrons. The van der Waals surface area contributed by atoms with Crippen LogP contribution in [-0.4, -0.2) is 67.7 Å². The maximum Gasteiger partial charge on any atom is 0.322 e. The first kappa shape index (κ1) is 16.6. The Morgan fingerprint density at radius 1 is 1.17 bits per heavy atom. The van der Waals surface area contributed by atoms with Gasteiger partial charge in [-0.1, -0.05) is 12.1 Å². The lowest BCUT2D eigenvalue weighted by molar-refractivity contribution is -0.142. The molecule has 0 radical (unpaired) electrons. The molecule has 0 bridgehead atoms. The highest BCUT2D eigenvalue weighted by Gasteiger charge is 2.31. The van der Waals surface area contributed by atoms with E-state index in [4.69, 9.17) is 9.47 Å². The van der Waals surface area contributed by atoms with E-state index in [-0.39, 0.29) is 18.0 Å². The minimum atomic E-state index is -0.293. The van der Waals surface area contributed by atoms with Crippen molar-refractivity contribution < 1.29 is 19.1 Å². The monoisotopic (exact) mass is 333 g/mol. The lowest BCUT2D eigenvalue weighted by atomic mass is 10.2. The Kier molecular flexibility index (Phi) is 5.20. The third-order valence-corrected chi connectivity index (χ3v) is 4.43. The summed E-state index contributed by atoms with van der Waals surface area (Å²) >= 11 is 0. The number of benzene rings is 1. The van der Waals surface area contributed by atoms with Gasteiger partial charge in [0.1, 0.15) is 11.9 Å². The van der Waals surface area contributed by atoms with Gasteiger partial charge in [0.15, 0.2) is 0 Å². The summed E-state index contributed by atoms with van der Waals surface area (Å²) in [5, 5.41) is 2.86. The van der Waals surface area contributed by atoms with Crippen molar-refractivity contribution in [1.29, 1.82) is 0 Å². The third-order valence-electron chi connectivity index (χ3n) is 4.43. The molecule has 0 aromatic heterocycles. The number of anilines is 1. The SMILES string of the molecule is COc1ccccc1NC(=O)N1CCN(C(=O)[C@@H]2CCCO2)CC1. The predicted molar refractivity (Wildman–Crippen MR) is 89.1 cm³/mol. The van der Waals surface area contributed by atoms with Crippen LogP contribution in [0.4, 0.5) is 10.5 Å². The van der Waals surface area contributed by atoms with E-state index in [1.165, 1.54) is 0 Å². The highest BCUT2D eigenvalue weighted by molar-refractivity contribution is 5.91. The maximum atomic E-state index is 12.4. The van der Waals surface area contributed by atoms with Crippen LogP contribution in [0.25, 0.3) is 0 Å². The number of methoxy groups -OCH3 is 1. The van der Waals surface area contributed by atoms with Gasteiger partial charge < -0.3 is 24.6 Å². The van der Waals surface area contributed by atoms with Crippen LogP contribution in [0.5, 0.6) is 5.75 Å². The Labute approximate surface area is 141 Å². The molecule has 7 heteroatoms. The average molecular weight is 333 g/mol. The zero-order chi connectivity index (χ0) is 16.9. The second-order valence-electron chi connectivity index (χ2n) is 5.94. The first-order valence-electron chi connectivity index (χ1n) is 8.28. The molecule has 2 heterocycles. The quantitative estimate of drug-likeness (QED) is 0.911. The van der Waals surface area contributed by atoms with Crippen molar-refractivity contribution in [2.24, 2.45) is 0 Å². The van der Waals surface area contributed by atoms with Gasteiger partial charge in [0.2, 0.25) is 0 Å². The molecule has 1 atom stereocenters. The number of piperazine rings is 1. The normalized spacial score (nSPS) is 20.8. The van der Waals surface area contributed by atoms with Crippen LogP contribution in [0.1, 0.15) is 12.8 Å². The van der Waals surface area contributed by atoms with Crippen molar-refractivity contribution in [3.8, 4) is 5.75 Å². The van der Waals surface area contributed by atoms with Crippen LogP contribution in [0.15, 0.2) is 24.3 Å². The summed E-state index contributed by atoms with van der Waals surface area (Å²) in [6.45, 7) is 2.77. The number of urea groups is 1. The van der Waals surface area contributed by atoms with Crippen LogP contribution in [0.3, 0.4) is 0 Å². The fourth-order valence-corrected chi connectivity index (χ4v) is 3.05. The molecule has 2 aliphatic rings. The maximum absolute atomic E-state index is 12.4. The van der Waals surface area contributed by atoms with Crippen molar-refractivity contribution in [3.63, 3.8) is 0 Å². The van der Waals surface area contributed by atoms with E-state index in [2.05, 4.69) is 5.32 Å². The number of carbonyl (C=O) groups is 2. The number of hydrogen-bond acceptors (Lipinski definition) is 4. The van der Waals surface area contributed by atoms with Gasteiger partial charge in [-0.3, -0.25) is 4.79 Å². The Balaban J connectivity index is 1.52. The second kappa shape index (κ2) is 7.53. The van der Waals surface area contributed by atoms with Crippen molar-refractivity contribution >= 4 is 17.6 Å². The first-order chi connectivity index (χ1) is 11.7. The molecular weight excluding hydrogens is 310 g/mol. The number of rotatable bonds is 3. The zero-order valence-electron chi connectivity index (χ0n) is 13.9. The topological polar surface area (TPSA) is 71.1 Å². The smallest absolute Gasteiger partial charge is 0.322 e. The number of amides is 3. The molecule has 1 aromatic rings. The fourth-order valence-electron chi connectivity index (χ4n) is 3.05.